The molecular weight excluding hydrogens is 448 g/mol. The first kappa shape index (κ1) is 22.5. The third kappa shape index (κ3) is 5.31. The number of aliphatic hydroxyl groups excluding tert-OH is 1. The highest BCUT2D eigenvalue weighted by atomic mass is 35.5. The van der Waals surface area contributed by atoms with Crippen LogP contribution in [0, 0.1) is 13.5 Å². The number of halogens is 1. The Kier molecular flexibility index (Phi) is 6.47. The molecule has 10 nitrogen and oxygen atoms in total. The van der Waals surface area contributed by atoms with Gasteiger partial charge in [-0.25, -0.2) is 13.3 Å². The first-order valence-corrected chi connectivity index (χ1v) is 10.5. The molecule has 0 amide bonds. The van der Waals surface area contributed by atoms with Crippen LogP contribution < -0.4 is 9.50 Å². The van der Waals surface area contributed by atoms with Crippen molar-refractivity contribution in [1.29, 1.82) is 0 Å². The highest BCUT2D eigenvalue weighted by Crippen LogP contribution is 2.35. The normalized spacial score (nSPS) is 13.3. The molecule has 0 saturated carbocycles. The van der Waals surface area contributed by atoms with Gasteiger partial charge in [0, 0.05) is 11.3 Å². The van der Waals surface area contributed by atoms with Crippen molar-refractivity contribution in [3.8, 4) is 17.2 Å². The third-order valence-corrected chi connectivity index (χ3v) is 5.16. The van der Waals surface area contributed by atoms with E-state index >= 15 is 0 Å². The van der Waals surface area contributed by atoms with E-state index in [-0.39, 0.29) is 17.5 Å². The van der Waals surface area contributed by atoms with E-state index in [0.717, 1.165) is 0 Å². The number of anilines is 1. The van der Waals surface area contributed by atoms with E-state index in [1.165, 1.54) is 24.3 Å². The molecule has 0 spiro atoms. The number of rotatable bonds is 7. The van der Waals surface area contributed by atoms with Gasteiger partial charge in [-0.2, -0.15) is 0 Å². The van der Waals surface area contributed by atoms with Crippen molar-refractivity contribution < 1.29 is 26.7 Å². The minimum absolute atomic E-state index is 0.0947. The smallest absolute Gasteiger partial charge is 0.262 e. The molecule has 0 bridgehead atoms. The number of aromatic nitrogens is 2. The standard InChI is InChI=1S/C19H17ClN4O6S/c1-10-14(8-9-15(21-3)16(10)20)22-17(11(2)25)19-24-23-18(29-19)12-4-6-13(7-5-12)30-31(26,27)28/h4-9,11,17,22,25H,1-2H3,(H,26,27,28)/p-1/t11-,17+/m0/s1. The molecule has 0 saturated heterocycles. The molecular formula is C19H16ClN4O6S-. The van der Waals surface area contributed by atoms with E-state index < -0.39 is 22.5 Å². The first-order valence-electron chi connectivity index (χ1n) is 8.79. The van der Waals surface area contributed by atoms with Gasteiger partial charge in [-0.1, -0.05) is 17.7 Å². The largest absolute Gasteiger partial charge is 0.716 e. The molecule has 2 atom stereocenters. The van der Waals surface area contributed by atoms with Gasteiger partial charge in [0.25, 0.3) is 10.4 Å². The maximum atomic E-state index is 10.7. The van der Waals surface area contributed by atoms with Crippen LogP contribution >= 0.6 is 11.6 Å². The number of nitrogens with zero attached hydrogens (tertiary/aromatic N) is 3. The van der Waals surface area contributed by atoms with Crippen LogP contribution in [0.15, 0.2) is 40.8 Å². The lowest BCUT2D eigenvalue weighted by atomic mass is 10.1. The van der Waals surface area contributed by atoms with Gasteiger partial charge in [0.15, 0.2) is 0 Å². The number of hydrogen-bond donors (Lipinski definition) is 2. The molecule has 2 N–H and O–H groups in total. The molecule has 0 aliphatic heterocycles. The Balaban J connectivity index is 1.85. The van der Waals surface area contributed by atoms with Crippen molar-refractivity contribution in [2.45, 2.75) is 26.0 Å². The van der Waals surface area contributed by atoms with Gasteiger partial charge in [0.2, 0.25) is 17.5 Å². The van der Waals surface area contributed by atoms with Crippen LogP contribution in [0.3, 0.4) is 0 Å². The molecule has 0 unspecified atom stereocenters. The molecule has 0 aliphatic rings. The summed E-state index contributed by atoms with van der Waals surface area (Å²) in [5, 5.41) is 21.6. The summed E-state index contributed by atoms with van der Waals surface area (Å²) >= 11 is 6.21. The average Bonchev–Trinajstić information content (AvgIpc) is 3.18. The molecule has 1 heterocycles. The van der Waals surface area contributed by atoms with Gasteiger partial charge in [0.05, 0.1) is 17.7 Å². The van der Waals surface area contributed by atoms with Crippen LogP contribution in [-0.4, -0.2) is 34.4 Å². The lowest BCUT2D eigenvalue weighted by molar-refractivity contribution is 0.159. The van der Waals surface area contributed by atoms with Crippen LogP contribution in [0.4, 0.5) is 11.4 Å². The number of nitrogens with one attached hydrogen (secondary N) is 1. The van der Waals surface area contributed by atoms with Crippen LogP contribution in [0.25, 0.3) is 16.3 Å². The lowest BCUT2D eigenvalue weighted by Crippen LogP contribution is -2.23. The quantitative estimate of drug-likeness (QED) is 0.305. The molecule has 12 heteroatoms. The van der Waals surface area contributed by atoms with E-state index in [1.807, 2.05) is 0 Å². The van der Waals surface area contributed by atoms with Crippen molar-refractivity contribution in [3.63, 3.8) is 0 Å². The van der Waals surface area contributed by atoms with E-state index in [9.17, 15) is 18.1 Å². The SMILES string of the molecule is [C-]#[N+]c1ccc(N[C@@H](c2nnc(-c3ccc(OS(=O)(=O)[O-])cc3)o2)[C@H](C)O)c(C)c1Cl. The maximum absolute atomic E-state index is 10.7. The van der Waals surface area contributed by atoms with Gasteiger partial charge in [-0.05, 0) is 49.7 Å². The maximum Gasteiger partial charge on any atom is 0.262 e. The van der Waals surface area contributed by atoms with E-state index in [1.54, 1.807) is 26.0 Å². The molecule has 162 valence electrons. The topological polar surface area (TPSA) is 142 Å². The molecule has 3 aromatic rings. The fourth-order valence-corrected chi connectivity index (χ4v) is 3.27. The Hall–Kier alpha value is -3.17. The molecule has 1 aromatic heterocycles. The summed E-state index contributed by atoms with van der Waals surface area (Å²) in [5.41, 5.74) is 1.97. The van der Waals surface area contributed by atoms with Crippen molar-refractivity contribution in [3.05, 3.63) is 64.3 Å². The zero-order valence-electron chi connectivity index (χ0n) is 16.2. The van der Waals surface area contributed by atoms with Crippen molar-refractivity contribution >= 4 is 33.4 Å². The van der Waals surface area contributed by atoms with Crippen molar-refractivity contribution in [2.24, 2.45) is 0 Å². The second-order valence-electron chi connectivity index (χ2n) is 6.51. The second kappa shape index (κ2) is 8.91. The molecule has 31 heavy (non-hydrogen) atoms. The Morgan fingerprint density at radius 3 is 2.52 bits per heavy atom. The predicted molar refractivity (Wildman–Crippen MR) is 111 cm³/mol. The fourth-order valence-electron chi connectivity index (χ4n) is 2.72. The van der Waals surface area contributed by atoms with Crippen molar-refractivity contribution in [2.75, 3.05) is 5.32 Å². The van der Waals surface area contributed by atoms with Gasteiger partial charge in [-0.3, -0.25) is 0 Å². The zero-order chi connectivity index (χ0) is 22.8. The van der Waals surface area contributed by atoms with Crippen molar-refractivity contribution in [1.82, 2.24) is 10.2 Å². The Bertz CT molecular complexity index is 1240. The molecule has 0 radical (unpaired) electrons. The molecule has 3 rings (SSSR count). The van der Waals surface area contributed by atoms with Crippen LogP contribution in [0.2, 0.25) is 5.02 Å². The Labute approximate surface area is 183 Å². The highest BCUT2D eigenvalue weighted by molar-refractivity contribution is 7.81. The summed E-state index contributed by atoms with van der Waals surface area (Å²) in [6.07, 6.45) is -0.926. The van der Waals surface area contributed by atoms with Gasteiger partial charge >= 0.3 is 0 Å². The molecule has 0 aliphatic carbocycles. The summed E-state index contributed by atoms with van der Waals surface area (Å²) < 4.78 is 41.9. The summed E-state index contributed by atoms with van der Waals surface area (Å²) in [6.45, 7) is 10.4. The third-order valence-electron chi connectivity index (χ3n) is 4.29. The summed E-state index contributed by atoms with van der Waals surface area (Å²) in [6, 6.07) is 7.87. The number of aliphatic hydroxyl groups is 1. The highest BCUT2D eigenvalue weighted by Gasteiger charge is 2.25. The van der Waals surface area contributed by atoms with Crippen LogP contribution in [-0.2, 0) is 10.4 Å². The van der Waals surface area contributed by atoms with E-state index in [2.05, 4.69) is 24.5 Å². The minimum atomic E-state index is -4.88. The summed E-state index contributed by atoms with van der Waals surface area (Å²) in [5.74, 6) is 0.0477. The monoisotopic (exact) mass is 463 g/mol. The minimum Gasteiger partial charge on any atom is -0.716 e. The number of benzene rings is 2. The molecule has 0 fully saturated rings. The average molecular weight is 464 g/mol. The second-order valence-corrected chi connectivity index (χ2v) is 7.87. The lowest BCUT2D eigenvalue weighted by Gasteiger charge is -2.21. The zero-order valence-corrected chi connectivity index (χ0v) is 17.8. The summed E-state index contributed by atoms with van der Waals surface area (Å²) in [4.78, 5) is 3.35. The van der Waals surface area contributed by atoms with Gasteiger partial charge < -0.3 is 23.6 Å². The first-order chi connectivity index (χ1) is 14.6. The Morgan fingerprint density at radius 2 is 1.94 bits per heavy atom. The van der Waals surface area contributed by atoms with Gasteiger partial charge in [0.1, 0.15) is 11.8 Å². The van der Waals surface area contributed by atoms with Gasteiger partial charge in [-0.15, -0.1) is 10.2 Å². The van der Waals surface area contributed by atoms with E-state index in [4.69, 9.17) is 22.6 Å². The fraction of sp³-hybridized carbons (Fsp3) is 0.211. The predicted octanol–water partition coefficient (Wildman–Crippen LogP) is 3.62. The van der Waals surface area contributed by atoms with Crippen LogP contribution in [0.5, 0.6) is 5.75 Å². The number of hydrogen-bond acceptors (Lipinski definition) is 9. The Morgan fingerprint density at radius 1 is 1.26 bits per heavy atom. The molecule has 2 aromatic carbocycles. The van der Waals surface area contributed by atoms with E-state index in [0.29, 0.717) is 27.5 Å². The van der Waals surface area contributed by atoms with Crippen LogP contribution in [0.1, 0.15) is 24.4 Å². The summed E-state index contributed by atoms with van der Waals surface area (Å²) in [7, 11) is -4.88.